The molecular weight excluding hydrogens is 376 g/mol. The number of aromatic nitrogens is 2. The van der Waals surface area contributed by atoms with Gasteiger partial charge in [0.15, 0.2) is 11.4 Å². The van der Waals surface area contributed by atoms with Gasteiger partial charge in [0.25, 0.3) is 5.91 Å². The predicted molar refractivity (Wildman–Crippen MR) is 114 cm³/mol. The van der Waals surface area contributed by atoms with Gasteiger partial charge in [-0.3, -0.25) is 4.79 Å². The molecule has 0 atom stereocenters. The third-order valence-electron chi connectivity index (χ3n) is 5.20. The second-order valence-corrected chi connectivity index (χ2v) is 7.53. The van der Waals surface area contributed by atoms with Crippen molar-refractivity contribution in [3.63, 3.8) is 0 Å². The Morgan fingerprint density at radius 2 is 1.93 bits per heavy atom. The minimum Gasteiger partial charge on any atom is -0.504 e. The molecule has 7 heteroatoms. The van der Waals surface area contributed by atoms with Crippen molar-refractivity contribution < 1.29 is 9.90 Å². The second-order valence-electron chi connectivity index (χ2n) is 7.53. The van der Waals surface area contributed by atoms with Crippen LogP contribution in [0.5, 0.6) is 5.75 Å². The van der Waals surface area contributed by atoms with E-state index in [1.165, 1.54) is 11.8 Å². The molecule has 0 spiro atoms. The number of nitrogens with one attached hydrogen (secondary N) is 1. The first-order chi connectivity index (χ1) is 13.0. The number of halogens is 1. The van der Waals surface area contributed by atoms with Crippen molar-refractivity contribution in [2.24, 2.45) is 0 Å². The molecule has 1 amide bonds. The number of nitrogens with zero attached hydrogens (tertiary/aromatic N) is 3. The first-order valence-corrected chi connectivity index (χ1v) is 9.92. The number of rotatable bonds is 6. The van der Waals surface area contributed by atoms with Gasteiger partial charge in [0.05, 0.1) is 11.9 Å². The van der Waals surface area contributed by atoms with Crippen LogP contribution in [0.25, 0.3) is 5.69 Å². The Morgan fingerprint density at radius 3 is 2.50 bits per heavy atom. The van der Waals surface area contributed by atoms with Crippen LogP contribution >= 0.6 is 12.4 Å². The Balaban J connectivity index is 0.00000280. The topological polar surface area (TPSA) is 70.4 Å². The molecule has 2 aromatic rings. The molecule has 1 saturated heterocycles. The molecular formula is C21H31ClN4O2. The highest BCUT2D eigenvalue weighted by atomic mass is 35.5. The Hall–Kier alpha value is -2.05. The lowest BCUT2D eigenvalue weighted by Gasteiger charge is -2.34. The lowest BCUT2D eigenvalue weighted by atomic mass is 10.0. The van der Waals surface area contributed by atoms with Crippen LogP contribution in [-0.2, 0) is 0 Å². The van der Waals surface area contributed by atoms with Crippen LogP contribution in [0.1, 0.15) is 62.0 Å². The van der Waals surface area contributed by atoms with Gasteiger partial charge in [0.2, 0.25) is 0 Å². The summed E-state index contributed by atoms with van der Waals surface area (Å²) in [5.41, 5.74) is 2.21. The molecule has 0 aliphatic carbocycles. The number of carbonyl (C=O) groups excluding carboxylic acids is 1. The molecule has 0 saturated carbocycles. The summed E-state index contributed by atoms with van der Waals surface area (Å²) in [5, 5.41) is 18.1. The molecule has 1 aliphatic rings. The molecule has 1 aromatic heterocycles. The number of benzene rings is 1. The SMILES string of the molecule is CCCN(C(=O)c1nn(-c2ccc(C(C)C)cc2)cc1O)C1CCNCC1.Cl. The average molecular weight is 407 g/mol. The lowest BCUT2D eigenvalue weighted by molar-refractivity contribution is 0.0633. The molecule has 2 N–H and O–H groups in total. The number of aromatic hydroxyl groups is 1. The van der Waals surface area contributed by atoms with E-state index in [4.69, 9.17) is 0 Å². The van der Waals surface area contributed by atoms with Crippen LogP contribution in [0, 0.1) is 0 Å². The van der Waals surface area contributed by atoms with Crippen LogP contribution < -0.4 is 5.32 Å². The van der Waals surface area contributed by atoms with Crippen LogP contribution in [0.15, 0.2) is 30.5 Å². The van der Waals surface area contributed by atoms with Crippen molar-refractivity contribution in [3.05, 3.63) is 41.7 Å². The largest absolute Gasteiger partial charge is 0.504 e. The molecule has 3 rings (SSSR count). The highest BCUT2D eigenvalue weighted by Crippen LogP contribution is 2.24. The molecule has 1 fully saturated rings. The predicted octanol–water partition coefficient (Wildman–Crippen LogP) is 3.73. The van der Waals surface area contributed by atoms with E-state index in [0.29, 0.717) is 12.5 Å². The zero-order valence-corrected chi connectivity index (χ0v) is 17.7. The van der Waals surface area contributed by atoms with E-state index in [0.717, 1.165) is 38.0 Å². The summed E-state index contributed by atoms with van der Waals surface area (Å²) in [7, 11) is 0. The summed E-state index contributed by atoms with van der Waals surface area (Å²) in [6.07, 6.45) is 4.27. The molecule has 0 unspecified atom stereocenters. The van der Waals surface area contributed by atoms with E-state index in [1.807, 2.05) is 17.0 Å². The van der Waals surface area contributed by atoms with Crippen LogP contribution in [0.2, 0.25) is 0 Å². The first kappa shape index (κ1) is 22.2. The maximum Gasteiger partial charge on any atom is 0.278 e. The molecule has 2 heterocycles. The monoisotopic (exact) mass is 406 g/mol. The van der Waals surface area contributed by atoms with Crippen molar-refractivity contribution in [3.8, 4) is 11.4 Å². The normalized spacial score (nSPS) is 14.7. The van der Waals surface area contributed by atoms with E-state index in [-0.39, 0.29) is 35.8 Å². The number of amides is 1. The van der Waals surface area contributed by atoms with Gasteiger partial charge in [0, 0.05) is 12.6 Å². The molecule has 0 bridgehead atoms. The minimum atomic E-state index is -0.182. The summed E-state index contributed by atoms with van der Waals surface area (Å²) in [6, 6.07) is 8.24. The van der Waals surface area contributed by atoms with Gasteiger partial charge in [-0.25, -0.2) is 4.68 Å². The van der Waals surface area contributed by atoms with E-state index in [9.17, 15) is 9.90 Å². The first-order valence-electron chi connectivity index (χ1n) is 9.92. The second kappa shape index (κ2) is 9.94. The molecule has 1 aromatic carbocycles. The van der Waals surface area contributed by atoms with Crippen molar-refractivity contribution in [2.45, 2.75) is 52.0 Å². The Kier molecular flexibility index (Phi) is 7.89. The van der Waals surface area contributed by atoms with Gasteiger partial charge in [0.1, 0.15) is 0 Å². The maximum absolute atomic E-state index is 13.1. The molecule has 0 radical (unpaired) electrons. The van der Waals surface area contributed by atoms with Gasteiger partial charge in [-0.05, 0) is 56.0 Å². The fraction of sp³-hybridized carbons (Fsp3) is 0.524. The van der Waals surface area contributed by atoms with E-state index in [1.54, 1.807) is 4.68 Å². The fourth-order valence-corrected chi connectivity index (χ4v) is 3.61. The maximum atomic E-state index is 13.1. The number of hydrogen-bond acceptors (Lipinski definition) is 4. The summed E-state index contributed by atoms with van der Waals surface area (Å²) < 4.78 is 1.58. The number of hydrogen-bond donors (Lipinski definition) is 2. The van der Waals surface area contributed by atoms with Crippen molar-refractivity contribution in [1.29, 1.82) is 0 Å². The summed E-state index contributed by atoms with van der Waals surface area (Å²) in [6.45, 7) is 8.87. The molecule has 28 heavy (non-hydrogen) atoms. The Labute approximate surface area is 173 Å². The highest BCUT2D eigenvalue weighted by Gasteiger charge is 2.29. The number of carbonyl (C=O) groups is 1. The van der Waals surface area contributed by atoms with Crippen LogP contribution in [-0.4, -0.2) is 51.4 Å². The quantitative estimate of drug-likeness (QED) is 0.766. The fourth-order valence-electron chi connectivity index (χ4n) is 3.61. The Bertz CT molecular complexity index is 767. The van der Waals surface area contributed by atoms with Crippen LogP contribution in [0.3, 0.4) is 0 Å². The molecule has 154 valence electrons. The van der Waals surface area contributed by atoms with Gasteiger partial charge in [-0.2, -0.15) is 5.10 Å². The van der Waals surface area contributed by atoms with Gasteiger partial charge >= 0.3 is 0 Å². The van der Waals surface area contributed by atoms with Gasteiger partial charge in [-0.1, -0.05) is 32.9 Å². The zero-order chi connectivity index (χ0) is 19.4. The number of piperidine rings is 1. The standard InChI is InChI=1S/C21H30N4O2.ClH/c1-4-13-24(17-9-11-22-12-10-17)21(27)20-19(26)14-25(23-20)18-7-5-16(6-8-18)15(2)3;/h5-8,14-15,17,22,26H,4,9-13H2,1-3H3;1H. The van der Waals surface area contributed by atoms with E-state index < -0.39 is 0 Å². The van der Waals surface area contributed by atoms with E-state index in [2.05, 4.69) is 43.3 Å². The molecule has 6 nitrogen and oxygen atoms in total. The summed E-state index contributed by atoms with van der Waals surface area (Å²) in [4.78, 5) is 15.0. The van der Waals surface area contributed by atoms with Crippen molar-refractivity contribution in [2.75, 3.05) is 19.6 Å². The molecule has 1 aliphatic heterocycles. The third kappa shape index (κ3) is 4.86. The minimum absolute atomic E-state index is 0. The van der Waals surface area contributed by atoms with Crippen molar-refractivity contribution >= 4 is 18.3 Å². The Morgan fingerprint density at radius 1 is 1.29 bits per heavy atom. The third-order valence-corrected chi connectivity index (χ3v) is 5.20. The average Bonchev–Trinajstić information content (AvgIpc) is 3.08. The van der Waals surface area contributed by atoms with Gasteiger partial charge in [-0.15, -0.1) is 12.4 Å². The van der Waals surface area contributed by atoms with E-state index >= 15 is 0 Å². The van der Waals surface area contributed by atoms with Crippen molar-refractivity contribution in [1.82, 2.24) is 20.0 Å². The highest BCUT2D eigenvalue weighted by molar-refractivity contribution is 5.95. The summed E-state index contributed by atoms with van der Waals surface area (Å²) >= 11 is 0. The lowest BCUT2D eigenvalue weighted by Crippen LogP contribution is -2.46. The zero-order valence-electron chi connectivity index (χ0n) is 16.9. The summed E-state index contributed by atoms with van der Waals surface area (Å²) in [5.74, 6) is 0.205. The van der Waals surface area contributed by atoms with Gasteiger partial charge < -0.3 is 15.3 Å². The van der Waals surface area contributed by atoms with Crippen LogP contribution in [0.4, 0.5) is 0 Å². The smallest absolute Gasteiger partial charge is 0.278 e.